The number of hydrogen-bond donors (Lipinski definition) is 0. The second kappa shape index (κ2) is 5.13. The molecule has 2 atom stereocenters. The maximum absolute atomic E-state index is 4.56. The highest BCUT2D eigenvalue weighted by molar-refractivity contribution is 5.59. The van der Waals surface area contributed by atoms with E-state index < -0.39 is 0 Å². The van der Waals surface area contributed by atoms with Crippen molar-refractivity contribution in [3.63, 3.8) is 0 Å². The molecule has 2 unspecified atom stereocenters. The number of anilines is 2. The quantitative estimate of drug-likeness (QED) is 0.778. The normalized spacial score (nSPS) is 23.2. The summed E-state index contributed by atoms with van der Waals surface area (Å²) in [5.74, 6) is 0. The molecule has 0 saturated heterocycles. The van der Waals surface area contributed by atoms with Gasteiger partial charge in [0.1, 0.15) is 0 Å². The summed E-state index contributed by atoms with van der Waals surface area (Å²) >= 11 is 0. The standard InChI is InChI=1S/C18H20N4/c1-13-11-15-7-3-5-9-17(15)21(13)19-20-22-14(2)12-16-8-4-6-10-18(16)22/h3-10,13-14H,11-12H2,1-2H3/b20-19+. The third kappa shape index (κ3) is 2.06. The van der Waals surface area contributed by atoms with E-state index in [1.54, 1.807) is 0 Å². The molecule has 4 heteroatoms. The molecule has 2 aliphatic rings. The van der Waals surface area contributed by atoms with E-state index in [0.717, 1.165) is 12.8 Å². The zero-order valence-corrected chi connectivity index (χ0v) is 13.0. The van der Waals surface area contributed by atoms with Gasteiger partial charge in [0.15, 0.2) is 0 Å². The van der Waals surface area contributed by atoms with Gasteiger partial charge in [-0.1, -0.05) is 36.4 Å². The van der Waals surface area contributed by atoms with E-state index in [0.29, 0.717) is 12.1 Å². The Kier molecular flexibility index (Phi) is 3.10. The van der Waals surface area contributed by atoms with Gasteiger partial charge in [0, 0.05) is 0 Å². The largest absolute Gasteiger partial charge is 0.242 e. The SMILES string of the molecule is CC1Cc2ccccc2N1/N=N/N1c2ccccc2CC1C. The topological polar surface area (TPSA) is 31.2 Å². The molecule has 2 heterocycles. The predicted molar refractivity (Wildman–Crippen MR) is 89.0 cm³/mol. The highest BCUT2D eigenvalue weighted by Crippen LogP contribution is 2.35. The van der Waals surface area contributed by atoms with Crippen molar-refractivity contribution >= 4 is 11.4 Å². The third-order valence-electron chi connectivity index (χ3n) is 4.58. The fraction of sp³-hybridized carbons (Fsp3) is 0.333. The Morgan fingerprint density at radius 3 is 1.59 bits per heavy atom. The fourth-order valence-corrected chi connectivity index (χ4v) is 3.46. The van der Waals surface area contributed by atoms with E-state index in [2.05, 4.69) is 72.8 Å². The van der Waals surface area contributed by atoms with Crippen LogP contribution in [0.15, 0.2) is 59.0 Å². The van der Waals surface area contributed by atoms with Crippen molar-refractivity contribution in [2.45, 2.75) is 38.8 Å². The lowest BCUT2D eigenvalue weighted by atomic mass is 10.1. The van der Waals surface area contributed by atoms with Crippen molar-refractivity contribution in [2.75, 3.05) is 10.0 Å². The molecule has 22 heavy (non-hydrogen) atoms. The van der Waals surface area contributed by atoms with Gasteiger partial charge in [0.25, 0.3) is 0 Å². The summed E-state index contributed by atoms with van der Waals surface area (Å²) in [5, 5.41) is 13.2. The van der Waals surface area contributed by atoms with Crippen LogP contribution < -0.4 is 10.0 Å². The Morgan fingerprint density at radius 1 is 0.727 bits per heavy atom. The zero-order valence-electron chi connectivity index (χ0n) is 13.0. The third-order valence-corrected chi connectivity index (χ3v) is 4.58. The summed E-state index contributed by atoms with van der Waals surface area (Å²) in [6.07, 6.45) is 2.06. The number of benzene rings is 2. The Bertz CT molecular complexity index is 663. The molecule has 4 rings (SSSR count). The van der Waals surface area contributed by atoms with Crippen molar-refractivity contribution in [1.82, 2.24) is 0 Å². The van der Waals surface area contributed by atoms with Crippen LogP contribution in [-0.4, -0.2) is 12.1 Å². The molecule has 0 aromatic heterocycles. The van der Waals surface area contributed by atoms with Crippen LogP contribution in [0.5, 0.6) is 0 Å². The fourth-order valence-electron chi connectivity index (χ4n) is 3.46. The average Bonchev–Trinajstić information content (AvgIpc) is 3.01. The minimum atomic E-state index is 0.356. The van der Waals surface area contributed by atoms with Gasteiger partial charge >= 0.3 is 0 Å². The minimum absolute atomic E-state index is 0.356. The molecule has 0 spiro atoms. The van der Waals surface area contributed by atoms with E-state index in [1.807, 2.05) is 10.0 Å². The molecule has 0 N–H and O–H groups in total. The molecular weight excluding hydrogens is 272 g/mol. The van der Waals surface area contributed by atoms with Crippen LogP contribution in [0.4, 0.5) is 11.4 Å². The van der Waals surface area contributed by atoms with Gasteiger partial charge in [-0.15, -0.1) is 0 Å². The Balaban J connectivity index is 1.63. The molecule has 2 aliphatic heterocycles. The van der Waals surface area contributed by atoms with Crippen molar-refractivity contribution < 1.29 is 0 Å². The summed E-state index contributed by atoms with van der Waals surface area (Å²) in [6, 6.07) is 17.6. The zero-order chi connectivity index (χ0) is 15.1. The predicted octanol–water partition coefficient (Wildman–Crippen LogP) is 4.17. The number of para-hydroxylation sites is 2. The number of nitrogens with zero attached hydrogens (tertiary/aromatic N) is 4. The first-order chi connectivity index (χ1) is 10.7. The number of hydrogen-bond acceptors (Lipinski definition) is 2. The lowest BCUT2D eigenvalue weighted by Crippen LogP contribution is -2.27. The second-order valence-corrected chi connectivity index (χ2v) is 6.23. The van der Waals surface area contributed by atoms with Crippen molar-refractivity contribution in [3.8, 4) is 0 Å². The summed E-state index contributed by atoms with van der Waals surface area (Å²) in [4.78, 5) is 0. The van der Waals surface area contributed by atoms with E-state index in [4.69, 9.17) is 0 Å². The minimum Gasteiger partial charge on any atom is -0.242 e. The molecule has 0 saturated carbocycles. The molecule has 0 bridgehead atoms. The van der Waals surface area contributed by atoms with Crippen molar-refractivity contribution in [2.24, 2.45) is 10.4 Å². The summed E-state index contributed by atoms with van der Waals surface area (Å²) < 4.78 is 0. The Labute approximate surface area is 131 Å². The smallest absolute Gasteiger partial charge is 0.0647 e. The molecular formula is C18H20N4. The van der Waals surface area contributed by atoms with Gasteiger partial charge in [-0.3, -0.25) is 0 Å². The van der Waals surface area contributed by atoms with Crippen LogP contribution in [0.25, 0.3) is 0 Å². The van der Waals surface area contributed by atoms with Crippen LogP contribution in [0.1, 0.15) is 25.0 Å². The van der Waals surface area contributed by atoms with E-state index in [9.17, 15) is 0 Å². The molecule has 2 aromatic carbocycles. The first-order valence-electron chi connectivity index (χ1n) is 7.90. The molecule has 0 aliphatic carbocycles. The van der Waals surface area contributed by atoms with E-state index >= 15 is 0 Å². The second-order valence-electron chi connectivity index (χ2n) is 6.23. The average molecular weight is 292 g/mol. The van der Waals surface area contributed by atoms with Crippen LogP contribution in [-0.2, 0) is 12.8 Å². The molecule has 0 fully saturated rings. The van der Waals surface area contributed by atoms with Gasteiger partial charge < -0.3 is 0 Å². The summed E-state index contributed by atoms with van der Waals surface area (Å²) in [5.41, 5.74) is 5.06. The van der Waals surface area contributed by atoms with Crippen molar-refractivity contribution in [1.29, 1.82) is 0 Å². The first kappa shape index (κ1) is 13.3. The van der Waals surface area contributed by atoms with Crippen LogP contribution in [0.2, 0.25) is 0 Å². The molecule has 4 nitrogen and oxygen atoms in total. The van der Waals surface area contributed by atoms with Crippen LogP contribution in [0, 0.1) is 0 Å². The molecule has 2 aromatic rings. The van der Waals surface area contributed by atoms with Gasteiger partial charge in [-0.25, -0.2) is 10.0 Å². The number of fused-ring (bicyclic) bond motifs is 2. The van der Waals surface area contributed by atoms with Crippen LogP contribution >= 0.6 is 0 Å². The lowest BCUT2D eigenvalue weighted by Gasteiger charge is -2.21. The van der Waals surface area contributed by atoms with Gasteiger partial charge in [-0.05, 0) is 60.4 Å². The molecule has 0 amide bonds. The summed E-state index contributed by atoms with van der Waals surface area (Å²) in [6.45, 7) is 4.39. The molecule has 112 valence electrons. The maximum Gasteiger partial charge on any atom is 0.0647 e. The Hall–Kier alpha value is -2.36. The monoisotopic (exact) mass is 292 g/mol. The number of rotatable bonds is 2. The highest BCUT2D eigenvalue weighted by atomic mass is 15.7. The molecule has 0 radical (unpaired) electrons. The van der Waals surface area contributed by atoms with Gasteiger partial charge in [0.05, 0.1) is 23.5 Å². The van der Waals surface area contributed by atoms with Crippen molar-refractivity contribution in [3.05, 3.63) is 59.7 Å². The van der Waals surface area contributed by atoms with Gasteiger partial charge in [-0.2, -0.15) is 0 Å². The van der Waals surface area contributed by atoms with E-state index in [-0.39, 0.29) is 0 Å². The highest BCUT2D eigenvalue weighted by Gasteiger charge is 2.28. The lowest BCUT2D eigenvalue weighted by molar-refractivity contribution is 0.615. The van der Waals surface area contributed by atoms with Gasteiger partial charge in [0.2, 0.25) is 0 Å². The Morgan fingerprint density at radius 2 is 1.14 bits per heavy atom. The summed E-state index contributed by atoms with van der Waals surface area (Å²) in [7, 11) is 0. The first-order valence-corrected chi connectivity index (χ1v) is 7.90. The van der Waals surface area contributed by atoms with Crippen LogP contribution in [0.3, 0.4) is 0 Å². The van der Waals surface area contributed by atoms with E-state index in [1.165, 1.54) is 22.5 Å². The maximum atomic E-state index is 4.56.